The van der Waals surface area contributed by atoms with Gasteiger partial charge in [0.25, 0.3) is 0 Å². The Bertz CT molecular complexity index is 3040. The summed E-state index contributed by atoms with van der Waals surface area (Å²) >= 11 is 0. The van der Waals surface area contributed by atoms with Crippen molar-refractivity contribution in [2.45, 2.75) is 0 Å². The highest BCUT2D eigenvalue weighted by molar-refractivity contribution is 6.25. The molecule has 0 bridgehead atoms. The third kappa shape index (κ3) is 3.30. The highest BCUT2D eigenvalue weighted by atomic mass is 14.9. The predicted octanol–water partition coefficient (Wildman–Crippen LogP) is 11.6. The number of hydrogen-bond donors (Lipinski definition) is 0. The minimum atomic E-state index is 0.882. The molecule has 3 heterocycles. The van der Waals surface area contributed by atoms with Crippen LogP contribution in [0.5, 0.6) is 0 Å². The Morgan fingerprint density at radius 1 is 0.383 bits per heavy atom. The van der Waals surface area contributed by atoms with Crippen molar-refractivity contribution < 1.29 is 0 Å². The van der Waals surface area contributed by atoms with Crippen LogP contribution in [0.2, 0.25) is 0 Å². The minimum Gasteiger partial charge on any atom is -0.308 e. The number of benzene rings is 8. The van der Waals surface area contributed by atoms with E-state index in [1.807, 2.05) is 6.20 Å². The van der Waals surface area contributed by atoms with Crippen molar-refractivity contribution >= 4 is 81.4 Å². The van der Waals surface area contributed by atoms with E-state index in [1.165, 1.54) is 70.8 Å². The van der Waals surface area contributed by atoms with Crippen molar-refractivity contribution in [2.24, 2.45) is 0 Å². The van der Waals surface area contributed by atoms with Crippen LogP contribution in [0.25, 0.3) is 104 Å². The maximum absolute atomic E-state index is 5.32. The lowest BCUT2D eigenvalue weighted by Gasteiger charge is -2.13. The Morgan fingerprint density at radius 2 is 0.936 bits per heavy atom. The van der Waals surface area contributed by atoms with E-state index < -0.39 is 0 Å². The maximum Gasteiger partial charge on any atom is 0.0979 e. The van der Waals surface area contributed by atoms with E-state index in [0.29, 0.717) is 0 Å². The molecule has 0 aliphatic heterocycles. The first-order valence-corrected chi connectivity index (χ1v) is 16.1. The van der Waals surface area contributed by atoms with E-state index in [2.05, 4.69) is 150 Å². The van der Waals surface area contributed by atoms with Crippen LogP contribution in [-0.4, -0.2) is 14.4 Å². The van der Waals surface area contributed by atoms with Gasteiger partial charge in [0.05, 0.1) is 39.5 Å². The van der Waals surface area contributed by atoms with E-state index >= 15 is 0 Å². The van der Waals surface area contributed by atoms with Crippen LogP contribution in [0.3, 0.4) is 0 Å². The van der Waals surface area contributed by atoms with Gasteiger partial charge in [-0.1, -0.05) is 127 Å². The monoisotopic (exact) mass is 595 g/mol. The van der Waals surface area contributed by atoms with Gasteiger partial charge in [0.15, 0.2) is 0 Å². The molecule has 0 saturated heterocycles. The standard InChI is InChI=1S/C44H25N3/c1-3-13-34-30(10-1)31-11-2-4-14-35(31)43-42(34)45-25-39(46-43)32-18-8-16-28-27(15-7-17-29(28)32)26-22-23-41-38(24-26)37-20-9-19-36-33-12-5-6-21-40(33)47(41)44(36)37/h1-25H. The van der Waals surface area contributed by atoms with Crippen LogP contribution in [0.1, 0.15) is 0 Å². The zero-order chi connectivity index (χ0) is 30.6. The average molecular weight is 596 g/mol. The van der Waals surface area contributed by atoms with E-state index in [-0.39, 0.29) is 0 Å². The molecule has 3 aromatic heterocycles. The fourth-order valence-electron chi connectivity index (χ4n) is 8.14. The molecule has 0 unspecified atom stereocenters. The number of rotatable bonds is 2. The van der Waals surface area contributed by atoms with Gasteiger partial charge in [0.1, 0.15) is 0 Å². The van der Waals surface area contributed by atoms with Crippen molar-refractivity contribution in [1.29, 1.82) is 0 Å². The van der Waals surface area contributed by atoms with Gasteiger partial charge in [-0.2, -0.15) is 0 Å². The van der Waals surface area contributed by atoms with Crippen LogP contribution >= 0.6 is 0 Å². The molecule has 8 aromatic carbocycles. The van der Waals surface area contributed by atoms with E-state index in [9.17, 15) is 0 Å². The van der Waals surface area contributed by atoms with Crippen LogP contribution in [0.15, 0.2) is 152 Å². The Labute approximate surface area is 269 Å². The first kappa shape index (κ1) is 24.9. The average Bonchev–Trinajstić information content (AvgIpc) is 3.66. The number of aromatic nitrogens is 3. The number of fused-ring (bicyclic) bond motifs is 13. The molecule has 11 rings (SSSR count). The fourth-order valence-corrected chi connectivity index (χ4v) is 8.14. The summed E-state index contributed by atoms with van der Waals surface area (Å²) in [5.74, 6) is 0. The molecule has 0 amide bonds. The van der Waals surface area contributed by atoms with Crippen molar-refractivity contribution in [2.75, 3.05) is 0 Å². The normalized spacial score (nSPS) is 12.3. The second-order valence-electron chi connectivity index (χ2n) is 12.5. The molecule has 0 radical (unpaired) electrons. The summed E-state index contributed by atoms with van der Waals surface area (Å²) in [6, 6.07) is 52.6. The lowest BCUT2D eigenvalue weighted by atomic mass is 9.93. The zero-order valence-electron chi connectivity index (χ0n) is 25.3. The molecule has 0 saturated carbocycles. The molecule has 0 N–H and O–H groups in total. The van der Waals surface area contributed by atoms with Gasteiger partial charge in [-0.25, -0.2) is 4.98 Å². The quantitative estimate of drug-likeness (QED) is 0.186. The van der Waals surface area contributed by atoms with E-state index in [4.69, 9.17) is 9.97 Å². The number of hydrogen-bond acceptors (Lipinski definition) is 2. The summed E-state index contributed by atoms with van der Waals surface area (Å²) in [7, 11) is 0. The Balaban J connectivity index is 1.13. The third-order valence-corrected chi connectivity index (χ3v) is 10.2. The summed E-state index contributed by atoms with van der Waals surface area (Å²) in [4.78, 5) is 10.4. The van der Waals surface area contributed by atoms with Gasteiger partial charge in [0.2, 0.25) is 0 Å². The van der Waals surface area contributed by atoms with E-state index in [1.54, 1.807) is 0 Å². The van der Waals surface area contributed by atoms with Crippen LogP contribution in [0, 0.1) is 0 Å². The first-order chi connectivity index (χ1) is 23.3. The number of para-hydroxylation sites is 2. The second kappa shape index (κ2) is 9.12. The minimum absolute atomic E-state index is 0.882. The van der Waals surface area contributed by atoms with Crippen molar-refractivity contribution in [3.8, 4) is 22.4 Å². The van der Waals surface area contributed by atoms with Crippen LogP contribution < -0.4 is 0 Å². The highest BCUT2D eigenvalue weighted by Crippen LogP contribution is 2.42. The maximum atomic E-state index is 5.32. The third-order valence-electron chi connectivity index (χ3n) is 10.2. The molecule has 0 aliphatic rings. The molecule has 0 fully saturated rings. The molecule has 0 atom stereocenters. The first-order valence-electron chi connectivity index (χ1n) is 16.1. The van der Waals surface area contributed by atoms with Crippen LogP contribution in [0.4, 0.5) is 0 Å². The lowest BCUT2D eigenvalue weighted by molar-refractivity contribution is 1.31. The van der Waals surface area contributed by atoms with Crippen molar-refractivity contribution in [1.82, 2.24) is 14.4 Å². The molecule has 47 heavy (non-hydrogen) atoms. The lowest BCUT2D eigenvalue weighted by Crippen LogP contribution is -1.93. The molecule has 216 valence electrons. The van der Waals surface area contributed by atoms with Gasteiger partial charge < -0.3 is 4.40 Å². The summed E-state index contributed by atoms with van der Waals surface area (Å²) < 4.78 is 2.44. The molecular weight excluding hydrogens is 571 g/mol. The summed E-state index contributed by atoms with van der Waals surface area (Å²) in [6.45, 7) is 0. The van der Waals surface area contributed by atoms with Gasteiger partial charge in [-0.15, -0.1) is 0 Å². The molecule has 0 spiro atoms. The summed E-state index contributed by atoms with van der Waals surface area (Å²) in [5, 5.41) is 12.2. The summed E-state index contributed by atoms with van der Waals surface area (Å²) in [6.07, 6.45) is 1.94. The summed E-state index contributed by atoms with van der Waals surface area (Å²) in [5.41, 5.74) is 10.1. The largest absolute Gasteiger partial charge is 0.308 e. The second-order valence-corrected chi connectivity index (χ2v) is 12.5. The molecule has 3 nitrogen and oxygen atoms in total. The molecule has 11 aromatic rings. The van der Waals surface area contributed by atoms with Crippen molar-refractivity contribution in [3.05, 3.63) is 152 Å². The smallest absolute Gasteiger partial charge is 0.0979 e. The van der Waals surface area contributed by atoms with Crippen LogP contribution in [-0.2, 0) is 0 Å². The van der Waals surface area contributed by atoms with Gasteiger partial charge in [-0.05, 0) is 50.9 Å². The van der Waals surface area contributed by atoms with Gasteiger partial charge >= 0.3 is 0 Å². The predicted molar refractivity (Wildman–Crippen MR) is 198 cm³/mol. The highest BCUT2D eigenvalue weighted by Gasteiger charge is 2.18. The SMILES string of the molecule is c1cc(-c2cnc3c4ccccc4c4ccccc4c3n2)c2cccc(-c3ccc4c(c3)c3cccc5c6ccccc6n4c53)c2c1. The Morgan fingerprint density at radius 3 is 1.72 bits per heavy atom. The van der Waals surface area contributed by atoms with E-state index in [0.717, 1.165) is 33.1 Å². The molecular formula is C44H25N3. The molecule has 3 heteroatoms. The van der Waals surface area contributed by atoms with Gasteiger partial charge in [-0.3, -0.25) is 4.98 Å². The fraction of sp³-hybridized carbons (Fsp3) is 0. The Hall–Kier alpha value is -6.32. The molecule has 0 aliphatic carbocycles. The zero-order valence-corrected chi connectivity index (χ0v) is 25.3. The topological polar surface area (TPSA) is 30.2 Å². The van der Waals surface area contributed by atoms with Gasteiger partial charge in [0, 0.05) is 37.9 Å². The van der Waals surface area contributed by atoms with Crippen molar-refractivity contribution in [3.63, 3.8) is 0 Å². The number of nitrogens with zero attached hydrogens (tertiary/aromatic N) is 3. The Kier molecular flexibility index (Phi) is 4.84.